The average molecular weight is 685 g/mol. The van der Waals surface area contributed by atoms with Crippen LogP contribution >= 0.6 is 11.3 Å². The molecule has 0 aliphatic heterocycles. The first-order chi connectivity index (χ1) is 25.7. The number of fused-ring (bicyclic) bond motifs is 4. The minimum absolute atomic E-state index is 1.11. The number of nitrogens with zero attached hydrogens (tertiary/aromatic N) is 2. The second-order valence-electron chi connectivity index (χ2n) is 13.0. The lowest BCUT2D eigenvalue weighted by Crippen LogP contribution is -2.09. The zero-order valence-electron chi connectivity index (χ0n) is 28.9. The third kappa shape index (κ3) is 5.53. The number of hydrogen-bond acceptors (Lipinski definition) is 2. The van der Waals surface area contributed by atoms with E-state index in [1.807, 2.05) is 23.5 Å². The summed E-state index contributed by atoms with van der Waals surface area (Å²) in [4.78, 5) is 2.33. The van der Waals surface area contributed by atoms with Crippen molar-refractivity contribution in [3.63, 3.8) is 0 Å². The summed E-state index contributed by atoms with van der Waals surface area (Å²) in [6.07, 6.45) is 5.98. The van der Waals surface area contributed by atoms with Crippen molar-refractivity contribution in [2.75, 3.05) is 4.90 Å². The van der Waals surface area contributed by atoms with Crippen molar-refractivity contribution in [2.24, 2.45) is 0 Å². The van der Waals surface area contributed by atoms with E-state index >= 15 is 0 Å². The lowest BCUT2D eigenvalue weighted by atomic mass is 10.0. The van der Waals surface area contributed by atoms with Crippen LogP contribution in [0.25, 0.3) is 65.1 Å². The molecule has 9 rings (SSSR count). The SMILES string of the molecule is C=C/C=C\c1c(C)c2ccccc2n1-c1ccc(-c2ccc(N(c3ccccc3)c3ccc(-c4cccc5c4sc4ccccc45)cc3)cc2)cc1. The molecule has 0 radical (unpaired) electrons. The molecule has 0 aliphatic carbocycles. The van der Waals surface area contributed by atoms with Crippen molar-refractivity contribution >= 4 is 65.6 Å². The van der Waals surface area contributed by atoms with E-state index < -0.39 is 0 Å². The number of thiophene rings is 1. The Morgan fingerprint density at radius 1 is 0.538 bits per heavy atom. The smallest absolute Gasteiger partial charge is 0.0537 e. The molecular weight excluding hydrogens is 649 g/mol. The first-order valence-electron chi connectivity index (χ1n) is 17.6. The van der Waals surface area contributed by atoms with Gasteiger partial charge in [-0.1, -0.05) is 128 Å². The minimum Gasteiger partial charge on any atom is -0.311 e. The van der Waals surface area contributed by atoms with E-state index in [-0.39, 0.29) is 0 Å². The molecule has 0 bridgehead atoms. The van der Waals surface area contributed by atoms with Crippen molar-refractivity contribution in [3.05, 3.63) is 200 Å². The number of benzene rings is 7. The van der Waals surface area contributed by atoms with Crippen LogP contribution in [0, 0.1) is 6.92 Å². The molecule has 0 unspecified atom stereocenters. The van der Waals surface area contributed by atoms with Crippen LogP contribution in [0.1, 0.15) is 11.3 Å². The third-order valence-corrected chi connectivity index (χ3v) is 11.2. The summed E-state index contributed by atoms with van der Waals surface area (Å²) in [6, 6.07) is 61.4. The van der Waals surface area contributed by atoms with E-state index in [9.17, 15) is 0 Å². The van der Waals surface area contributed by atoms with Gasteiger partial charge in [-0.05, 0) is 101 Å². The first kappa shape index (κ1) is 31.6. The lowest BCUT2D eigenvalue weighted by Gasteiger charge is -2.26. The van der Waals surface area contributed by atoms with E-state index in [0.29, 0.717) is 0 Å². The van der Waals surface area contributed by atoms with Crippen LogP contribution in [0.3, 0.4) is 0 Å². The highest BCUT2D eigenvalue weighted by Gasteiger charge is 2.16. The minimum atomic E-state index is 1.11. The number of para-hydroxylation sites is 2. The van der Waals surface area contributed by atoms with Crippen molar-refractivity contribution in [2.45, 2.75) is 6.92 Å². The molecule has 7 aromatic carbocycles. The van der Waals surface area contributed by atoms with Crippen molar-refractivity contribution in [1.29, 1.82) is 0 Å². The van der Waals surface area contributed by atoms with E-state index in [2.05, 4.69) is 199 Å². The Labute approximate surface area is 308 Å². The molecule has 0 spiro atoms. The molecule has 9 aromatic rings. The fourth-order valence-electron chi connectivity index (χ4n) is 7.45. The number of aromatic nitrogens is 1. The topological polar surface area (TPSA) is 8.17 Å². The largest absolute Gasteiger partial charge is 0.311 e. The highest BCUT2D eigenvalue weighted by atomic mass is 32.1. The van der Waals surface area contributed by atoms with E-state index in [4.69, 9.17) is 0 Å². The summed E-state index contributed by atoms with van der Waals surface area (Å²) in [5.41, 5.74) is 13.0. The summed E-state index contributed by atoms with van der Waals surface area (Å²) in [6.45, 7) is 6.08. The molecule has 0 fully saturated rings. The molecule has 52 heavy (non-hydrogen) atoms. The number of rotatable bonds is 8. The summed E-state index contributed by atoms with van der Waals surface area (Å²) >= 11 is 1.87. The second kappa shape index (κ2) is 13.4. The quantitative estimate of drug-likeness (QED) is 0.145. The normalized spacial score (nSPS) is 11.6. The van der Waals surface area contributed by atoms with E-state index in [1.54, 1.807) is 0 Å². The molecule has 0 saturated carbocycles. The van der Waals surface area contributed by atoms with Crippen LogP contribution in [0.4, 0.5) is 17.1 Å². The Morgan fingerprint density at radius 3 is 1.83 bits per heavy atom. The predicted molar refractivity (Wildman–Crippen MR) is 226 cm³/mol. The van der Waals surface area contributed by atoms with Gasteiger partial charge < -0.3 is 9.47 Å². The molecule has 0 aliphatic rings. The molecular formula is C49H36N2S. The van der Waals surface area contributed by atoms with Gasteiger partial charge in [0.05, 0.1) is 5.52 Å². The Balaban J connectivity index is 1.04. The second-order valence-corrected chi connectivity index (χ2v) is 14.1. The maximum absolute atomic E-state index is 3.89. The molecule has 0 N–H and O–H groups in total. The van der Waals surface area contributed by atoms with E-state index in [0.717, 1.165) is 22.7 Å². The van der Waals surface area contributed by atoms with Crippen LogP contribution in [0.2, 0.25) is 0 Å². The first-order valence-corrected chi connectivity index (χ1v) is 18.5. The Hall–Kier alpha value is -6.42. The molecule has 2 heterocycles. The molecule has 2 nitrogen and oxygen atoms in total. The van der Waals surface area contributed by atoms with Gasteiger partial charge in [-0.25, -0.2) is 0 Å². The Morgan fingerprint density at radius 2 is 1.12 bits per heavy atom. The molecule has 0 atom stereocenters. The van der Waals surface area contributed by atoms with Crippen molar-refractivity contribution in [3.8, 4) is 27.9 Å². The van der Waals surface area contributed by atoms with Gasteiger partial charge in [-0.3, -0.25) is 0 Å². The van der Waals surface area contributed by atoms with Crippen LogP contribution < -0.4 is 4.90 Å². The average Bonchev–Trinajstić information content (AvgIpc) is 3.73. The van der Waals surface area contributed by atoms with Gasteiger partial charge in [-0.15, -0.1) is 11.3 Å². The monoisotopic (exact) mass is 684 g/mol. The zero-order chi connectivity index (χ0) is 35.0. The number of allylic oxidation sites excluding steroid dienone is 2. The Bertz CT molecular complexity index is 2730. The standard InChI is InChI=1S/C49H36N2S/c1-3-4-19-46-34(2)42-15-8-10-20-47(42)51(46)41-30-24-36(25-31-41)35-22-28-39(29-23-35)50(38-13-6-5-7-14-38)40-32-26-37(27-33-40)43-17-12-18-45-44-16-9-11-21-48(44)52-49(43)45/h3-33H,1H2,2H3/b19-4-. The van der Waals surface area contributed by atoms with Gasteiger partial charge >= 0.3 is 0 Å². The van der Waals surface area contributed by atoms with Crippen LogP contribution in [0.5, 0.6) is 0 Å². The van der Waals surface area contributed by atoms with Crippen LogP contribution in [0.15, 0.2) is 189 Å². The predicted octanol–water partition coefficient (Wildman–Crippen LogP) is 14.3. The van der Waals surface area contributed by atoms with Crippen molar-refractivity contribution < 1.29 is 0 Å². The van der Waals surface area contributed by atoms with Gasteiger partial charge in [0.1, 0.15) is 0 Å². The summed E-state index contributed by atoms with van der Waals surface area (Å²) in [5, 5.41) is 3.91. The number of anilines is 3. The highest BCUT2D eigenvalue weighted by Crippen LogP contribution is 2.41. The number of aryl methyl sites for hydroxylation is 1. The van der Waals surface area contributed by atoms with Gasteiger partial charge in [0.25, 0.3) is 0 Å². The van der Waals surface area contributed by atoms with Crippen LogP contribution in [-0.4, -0.2) is 4.57 Å². The molecule has 2 aromatic heterocycles. The fourth-order valence-corrected chi connectivity index (χ4v) is 8.69. The van der Waals surface area contributed by atoms with Gasteiger partial charge in [0, 0.05) is 54.0 Å². The lowest BCUT2D eigenvalue weighted by molar-refractivity contribution is 1.10. The van der Waals surface area contributed by atoms with Gasteiger partial charge in [0.15, 0.2) is 0 Å². The summed E-state index contributed by atoms with van der Waals surface area (Å²) < 4.78 is 5.00. The zero-order valence-corrected chi connectivity index (χ0v) is 29.7. The maximum atomic E-state index is 3.89. The molecule has 0 saturated heterocycles. The molecule has 3 heteroatoms. The summed E-state index contributed by atoms with van der Waals surface area (Å²) in [7, 11) is 0. The maximum Gasteiger partial charge on any atom is 0.0537 e. The van der Waals surface area contributed by atoms with Gasteiger partial charge in [0.2, 0.25) is 0 Å². The molecule has 0 amide bonds. The highest BCUT2D eigenvalue weighted by molar-refractivity contribution is 7.26. The van der Waals surface area contributed by atoms with Crippen LogP contribution in [-0.2, 0) is 0 Å². The summed E-state index contributed by atoms with van der Waals surface area (Å²) in [5.74, 6) is 0. The molecule has 248 valence electrons. The third-order valence-electron chi connectivity index (χ3n) is 10.0. The number of hydrogen-bond donors (Lipinski definition) is 0. The fraction of sp³-hybridized carbons (Fsp3) is 0.0204. The van der Waals surface area contributed by atoms with E-state index in [1.165, 1.54) is 64.6 Å². The van der Waals surface area contributed by atoms with Gasteiger partial charge in [-0.2, -0.15) is 0 Å². The van der Waals surface area contributed by atoms with Crippen molar-refractivity contribution in [1.82, 2.24) is 4.57 Å². The Kier molecular flexibility index (Phi) is 8.11.